The van der Waals surface area contributed by atoms with Gasteiger partial charge in [0.15, 0.2) is 0 Å². The van der Waals surface area contributed by atoms with E-state index in [1.54, 1.807) is 74.5 Å². The fourth-order valence-electron chi connectivity index (χ4n) is 5.53. The summed E-state index contributed by atoms with van der Waals surface area (Å²) in [5.74, 6) is 0.245. The molecule has 0 radical (unpaired) electrons. The highest BCUT2D eigenvalue weighted by Crippen LogP contribution is 2.23. The van der Waals surface area contributed by atoms with Gasteiger partial charge in [-0.2, -0.15) is 0 Å². The zero-order chi connectivity index (χ0) is 36.1. The number of nitrogens with one attached hydrogen (secondary N) is 3. The van der Waals surface area contributed by atoms with Gasteiger partial charge in [0, 0.05) is 58.3 Å². The molecule has 1 saturated heterocycles. The smallest absolute Gasteiger partial charge is 0.412 e. The fourth-order valence-corrected chi connectivity index (χ4v) is 5.53. The Hall–Kier alpha value is -5.14. The minimum absolute atomic E-state index is 0.187. The molecule has 3 heterocycles. The Kier molecular flexibility index (Phi) is 13.2. The average Bonchev–Trinajstić information content (AvgIpc) is 3.55. The first-order valence-electron chi connectivity index (χ1n) is 17.3. The van der Waals surface area contributed by atoms with Crippen molar-refractivity contribution < 1.29 is 33.3 Å². The predicted molar refractivity (Wildman–Crippen MR) is 193 cm³/mol. The van der Waals surface area contributed by atoms with Gasteiger partial charge in [-0.15, -0.1) is 0 Å². The number of anilines is 2. The highest BCUT2D eigenvalue weighted by atomic mass is 16.7. The van der Waals surface area contributed by atoms with Crippen molar-refractivity contribution >= 4 is 29.4 Å². The van der Waals surface area contributed by atoms with Crippen LogP contribution in [0.1, 0.15) is 55.2 Å². The van der Waals surface area contributed by atoms with Gasteiger partial charge in [-0.05, 0) is 56.5 Å². The molecule has 2 aliphatic heterocycles. The third-order valence-corrected chi connectivity index (χ3v) is 8.06. The Morgan fingerprint density at radius 3 is 2.37 bits per heavy atom. The Balaban J connectivity index is 1.14. The molecule has 0 bridgehead atoms. The summed E-state index contributed by atoms with van der Waals surface area (Å²) in [4.78, 5) is 47.4. The van der Waals surface area contributed by atoms with E-state index in [2.05, 4.69) is 25.8 Å². The van der Waals surface area contributed by atoms with Crippen molar-refractivity contribution in [1.29, 1.82) is 0 Å². The van der Waals surface area contributed by atoms with Crippen molar-refractivity contribution in [2.24, 2.45) is 0 Å². The molecular weight excluding hydrogens is 652 g/mol. The predicted octanol–water partition coefficient (Wildman–Crippen LogP) is 5.76. The summed E-state index contributed by atoms with van der Waals surface area (Å²) >= 11 is 0. The summed E-state index contributed by atoms with van der Waals surface area (Å²) in [5, 5.41) is 8.51. The summed E-state index contributed by atoms with van der Waals surface area (Å²) in [7, 11) is 0. The van der Waals surface area contributed by atoms with Crippen molar-refractivity contribution in [2.75, 3.05) is 56.6 Å². The van der Waals surface area contributed by atoms with Crippen LogP contribution in [0.5, 0.6) is 0 Å². The number of hydrogen-bond donors (Lipinski definition) is 3. The largest absolute Gasteiger partial charge is 0.459 e. The monoisotopic (exact) mass is 700 g/mol. The van der Waals surface area contributed by atoms with Gasteiger partial charge in [0.1, 0.15) is 23.3 Å². The van der Waals surface area contributed by atoms with E-state index >= 15 is 0 Å². The third kappa shape index (κ3) is 12.3. The van der Waals surface area contributed by atoms with Crippen molar-refractivity contribution in [3.05, 3.63) is 102 Å². The number of para-hydroxylation sites is 2. The van der Waals surface area contributed by atoms with Crippen LogP contribution in [0.15, 0.2) is 84.9 Å². The number of carbonyl (C=O) groups is 3. The van der Waals surface area contributed by atoms with Gasteiger partial charge < -0.3 is 34.5 Å². The van der Waals surface area contributed by atoms with Gasteiger partial charge in [0.05, 0.1) is 24.6 Å². The molecule has 0 aliphatic carbocycles. The molecule has 13 heteroatoms. The lowest BCUT2D eigenvalue weighted by Gasteiger charge is -2.28. The highest BCUT2D eigenvalue weighted by molar-refractivity contribution is 6.05. The van der Waals surface area contributed by atoms with Crippen LogP contribution in [0.2, 0.25) is 0 Å². The van der Waals surface area contributed by atoms with Crippen LogP contribution in [-0.2, 0) is 31.9 Å². The first kappa shape index (κ1) is 37.1. The molecule has 1 unspecified atom stereocenters. The van der Waals surface area contributed by atoms with E-state index in [0.717, 1.165) is 50.4 Å². The van der Waals surface area contributed by atoms with Crippen LogP contribution in [0.25, 0.3) is 0 Å². The van der Waals surface area contributed by atoms with Crippen LogP contribution < -0.4 is 16.0 Å². The zero-order valence-corrected chi connectivity index (χ0v) is 29.6. The number of aromatic nitrogens is 1. The number of pyridine rings is 1. The van der Waals surface area contributed by atoms with E-state index in [0.29, 0.717) is 49.6 Å². The topological polar surface area (TPSA) is 144 Å². The Bertz CT molecular complexity index is 1620. The van der Waals surface area contributed by atoms with Crippen LogP contribution >= 0.6 is 0 Å². The maximum atomic E-state index is 13.4. The molecule has 4 amide bonds. The molecule has 13 nitrogen and oxygen atoms in total. The van der Waals surface area contributed by atoms with E-state index < -0.39 is 17.6 Å². The number of carbonyl (C=O) groups excluding carboxylic acids is 3. The van der Waals surface area contributed by atoms with Crippen LogP contribution in [0.4, 0.5) is 21.0 Å². The summed E-state index contributed by atoms with van der Waals surface area (Å²) < 4.78 is 22.4. The lowest BCUT2D eigenvalue weighted by Crippen LogP contribution is -2.42. The van der Waals surface area contributed by atoms with E-state index in [4.69, 9.17) is 18.9 Å². The Morgan fingerprint density at radius 1 is 0.941 bits per heavy atom. The average molecular weight is 701 g/mol. The normalized spacial score (nSPS) is 15.9. The second kappa shape index (κ2) is 18.2. The maximum Gasteiger partial charge on any atom is 0.412 e. The number of urea groups is 1. The molecule has 3 N–H and O–H groups in total. The molecule has 0 spiro atoms. The molecule has 272 valence electrons. The minimum Gasteiger partial charge on any atom is -0.459 e. The summed E-state index contributed by atoms with van der Waals surface area (Å²) in [6, 6.07) is 20.1. The van der Waals surface area contributed by atoms with Gasteiger partial charge in [-0.3, -0.25) is 20.0 Å². The van der Waals surface area contributed by atoms with Crippen LogP contribution in [0, 0.1) is 0 Å². The number of amides is 4. The van der Waals surface area contributed by atoms with E-state index in [-0.39, 0.29) is 18.0 Å². The summed E-state index contributed by atoms with van der Waals surface area (Å²) in [5.41, 5.74) is 2.22. The fraction of sp³-hybridized carbons (Fsp3) is 0.421. The first-order chi connectivity index (χ1) is 24.6. The lowest BCUT2D eigenvalue weighted by atomic mass is 10.1. The highest BCUT2D eigenvalue weighted by Gasteiger charge is 2.22. The van der Waals surface area contributed by atoms with Crippen LogP contribution in [0.3, 0.4) is 0 Å². The Labute approximate surface area is 299 Å². The second-order valence-corrected chi connectivity index (χ2v) is 13.3. The molecule has 1 atom stereocenters. The molecule has 3 aromatic rings. The van der Waals surface area contributed by atoms with Gasteiger partial charge in [-0.25, -0.2) is 9.59 Å². The molecule has 51 heavy (non-hydrogen) atoms. The van der Waals surface area contributed by atoms with Crippen molar-refractivity contribution in [1.82, 2.24) is 20.1 Å². The summed E-state index contributed by atoms with van der Waals surface area (Å²) in [6.45, 7) is 10.6. The number of nitrogens with zero attached hydrogens (tertiary/aromatic N) is 3. The first-order valence-corrected chi connectivity index (χ1v) is 17.3. The standard InChI is InChI=1S/C38H48N6O7/c1-38(2,3)51-37(47)42-32-13-8-7-12-31(32)41-35(45)33-15-14-29(25-40-33)26-44(19-9-18-43-20-22-48-23-21-43)36(46)39-17-16-30-27-49-34(50-30)24-28-10-5-4-6-11-28/h4-8,10-15,25,27,34H,9,16-24,26H2,1-3H3,(H,39,46)(H,41,45)(H,42,47). The van der Waals surface area contributed by atoms with Crippen molar-refractivity contribution in [3.63, 3.8) is 0 Å². The van der Waals surface area contributed by atoms with E-state index in [1.807, 2.05) is 30.3 Å². The van der Waals surface area contributed by atoms with Crippen LogP contribution in [-0.4, -0.2) is 90.6 Å². The van der Waals surface area contributed by atoms with Crippen molar-refractivity contribution in [2.45, 2.75) is 58.5 Å². The van der Waals surface area contributed by atoms with Gasteiger partial charge in [0.2, 0.25) is 6.29 Å². The van der Waals surface area contributed by atoms with Crippen molar-refractivity contribution in [3.8, 4) is 0 Å². The van der Waals surface area contributed by atoms with Gasteiger partial charge in [-0.1, -0.05) is 48.5 Å². The molecule has 0 saturated carbocycles. The SMILES string of the molecule is CC(C)(C)OC(=O)Nc1ccccc1NC(=O)c1ccc(CN(CCCN2CCOCC2)C(=O)NCCC2=COC(Cc3ccccc3)O2)cn1. The summed E-state index contributed by atoms with van der Waals surface area (Å²) in [6.07, 6.45) is 4.15. The molecule has 1 fully saturated rings. The zero-order valence-electron chi connectivity index (χ0n) is 29.6. The second-order valence-electron chi connectivity index (χ2n) is 13.3. The van der Waals surface area contributed by atoms with Gasteiger partial charge >= 0.3 is 12.1 Å². The lowest BCUT2D eigenvalue weighted by molar-refractivity contribution is -0.0314. The minimum atomic E-state index is -0.669. The molecular formula is C38H48N6O7. The van der Waals surface area contributed by atoms with E-state index in [1.165, 1.54) is 0 Å². The number of ether oxygens (including phenoxy) is 4. The number of hydrogen-bond acceptors (Lipinski definition) is 9. The number of rotatable bonds is 14. The quantitative estimate of drug-likeness (QED) is 0.191. The molecule has 2 aromatic carbocycles. The number of morpholine rings is 1. The molecule has 1 aromatic heterocycles. The third-order valence-electron chi connectivity index (χ3n) is 8.06. The van der Waals surface area contributed by atoms with Gasteiger partial charge in [0.25, 0.3) is 5.91 Å². The van der Waals surface area contributed by atoms with E-state index in [9.17, 15) is 14.4 Å². The Morgan fingerprint density at radius 2 is 1.67 bits per heavy atom. The maximum absolute atomic E-state index is 13.4. The molecule has 5 rings (SSSR count). The molecule has 2 aliphatic rings. The number of benzene rings is 2.